The van der Waals surface area contributed by atoms with Crippen molar-refractivity contribution in [2.45, 2.75) is 23.7 Å². The molecule has 1 aromatic heterocycles. The van der Waals surface area contributed by atoms with E-state index in [1.165, 1.54) is 29.4 Å². The second-order valence-corrected chi connectivity index (χ2v) is 11.1. The largest absolute Gasteiger partial charge is 0.351 e. The van der Waals surface area contributed by atoms with Gasteiger partial charge in [0.25, 0.3) is 10.0 Å². The second-order valence-electron chi connectivity index (χ2n) is 7.79. The van der Waals surface area contributed by atoms with E-state index in [-0.39, 0.29) is 11.9 Å². The number of benzene rings is 2. The molecule has 0 radical (unpaired) electrons. The molecule has 1 aliphatic heterocycles. The summed E-state index contributed by atoms with van der Waals surface area (Å²) in [7, 11) is -3.55. The maximum absolute atomic E-state index is 13.2. The van der Waals surface area contributed by atoms with Crippen molar-refractivity contribution in [3.05, 3.63) is 88.8 Å². The summed E-state index contributed by atoms with van der Waals surface area (Å²) in [4.78, 5) is 14.3. The van der Waals surface area contributed by atoms with E-state index in [0.29, 0.717) is 36.9 Å². The fourth-order valence-corrected chi connectivity index (χ4v) is 6.89. The summed E-state index contributed by atoms with van der Waals surface area (Å²) in [5.74, 6) is -0.134. The van der Waals surface area contributed by atoms with E-state index >= 15 is 0 Å². The van der Waals surface area contributed by atoms with Crippen molar-refractivity contribution in [1.29, 1.82) is 0 Å². The molecule has 0 aliphatic carbocycles. The molecule has 1 aliphatic rings. The monoisotopic (exact) mass is 469 g/mol. The van der Waals surface area contributed by atoms with Crippen molar-refractivity contribution >= 4 is 27.3 Å². The fourth-order valence-electron chi connectivity index (χ4n) is 4.02. The smallest absolute Gasteiger partial charge is 0.252 e. The van der Waals surface area contributed by atoms with Gasteiger partial charge in [-0.3, -0.25) is 9.69 Å². The minimum absolute atomic E-state index is 0.0910. The van der Waals surface area contributed by atoms with E-state index < -0.39 is 10.0 Å². The molecule has 2 aromatic carbocycles. The summed E-state index contributed by atoms with van der Waals surface area (Å²) in [5, 5.41) is 2.71. The summed E-state index contributed by atoms with van der Waals surface area (Å²) in [6.45, 7) is 3.98. The first-order chi connectivity index (χ1) is 15.4. The number of carbonyl (C=O) groups is 1. The molecule has 0 spiro atoms. The van der Waals surface area contributed by atoms with Crippen LogP contribution >= 0.6 is 11.3 Å². The Hall–Kier alpha value is -2.52. The van der Waals surface area contributed by atoms with Gasteiger partial charge in [-0.25, -0.2) is 8.42 Å². The minimum Gasteiger partial charge on any atom is -0.351 e. The normalized spacial score (nSPS) is 15.7. The van der Waals surface area contributed by atoms with Crippen LogP contribution in [0.4, 0.5) is 0 Å². The number of nitrogens with one attached hydrogen (secondary N) is 1. The van der Waals surface area contributed by atoms with Crippen LogP contribution in [0.15, 0.2) is 77.0 Å². The number of hydrogen-bond donors (Lipinski definition) is 1. The third-order valence-electron chi connectivity index (χ3n) is 5.61. The van der Waals surface area contributed by atoms with Gasteiger partial charge in [0, 0.05) is 38.0 Å². The number of thiophene rings is 1. The van der Waals surface area contributed by atoms with E-state index in [4.69, 9.17) is 0 Å². The fraction of sp³-hybridized carbons (Fsp3) is 0.292. The Labute approximate surface area is 193 Å². The lowest BCUT2D eigenvalue weighted by atomic mass is 9.96. The highest BCUT2D eigenvalue weighted by molar-refractivity contribution is 7.91. The first-order valence-corrected chi connectivity index (χ1v) is 12.9. The van der Waals surface area contributed by atoms with Crippen LogP contribution in [0.5, 0.6) is 0 Å². The average Bonchev–Trinajstić information content (AvgIpc) is 3.30. The molecule has 4 rings (SSSR count). The predicted molar refractivity (Wildman–Crippen MR) is 127 cm³/mol. The molecular formula is C24H27N3O3S2. The number of sulfonamides is 1. The molecule has 1 amide bonds. The first kappa shape index (κ1) is 22.7. The number of piperazine rings is 1. The topological polar surface area (TPSA) is 69.7 Å². The molecule has 0 bridgehead atoms. The minimum atomic E-state index is -3.55. The molecule has 168 valence electrons. The van der Waals surface area contributed by atoms with Crippen molar-refractivity contribution in [2.75, 3.05) is 26.2 Å². The summed E-state index contributed by atoms with van der Waals surface area (Å²) in [6, 6.07) is 24.2. The molecule has 8 heteroatoms. The van der Waals surface area contributed by atoms with Gasteiger partial charge in [-0.1, -0.05) is 60.7 Å². The lowest BCUT2D eigenvalue weighted by Gasteiger charge is -2.39. The van der Waals surface area contributed by atoms with Gasteiger partial charge in [-0.2, -0.15) is 4.31 Å². The van der Waals surface area contributed by atoms with Gasteiger partial charge < -0.3 is 5.32 Å². The maximum atomic E-state index is 13.2. The molecule has 1 N–H and O–H groups in total. The first-order valence-electron chi connectivity index (χ1n) is 10.6. The van der Waals surface area contributed by atoms with Crippen LogP contribution in [0.3, 0.4) is 0 Å². The van der Waals surface area contributed by atoms with E-state index in [1.54, 1.807) is 16.4 Å². The zero-order valence-corrected chi connectivity index (χ0v) is 19.6. The summed E-state index contributed by atoms with van der Waals surface area (Å²) < 4.78 is 28.3. The quantitative estimate of drug-likeness (QED) is 0.575. The molecule has 0 saturated carbocycles. The molecule has 1 fully saturated rings. The molecule has 3 aromatic rings. The van der Waals surface area contributed by atoms with E-state index in [2.05, 4.69) is 34.5 Å². The van der Waals surface area contributed by atoms with Gasteiger partial charge >= 0.3 is 0 Å². The van der Waals surface area contributed by atoms with Gasteiger partial charge in [-0.05, 0) is 23.3 Å². The van der Waals surface area contributed by atoms with Crippen LogP contribution in [0.2, 0.25) is 0 Å². The number of carbonyl (C=O) groups excluding carboxylic acids is 1. The summed E-state index contributed by atoms with van der Waals surface area (Å²) in [6.07, 6.45) is 0. The van der Waals surface area contributed by atoms with E-state index in [0.717, 1.165) is 4.88 Å². The number of amides is 1. The van der Waals surface area contributed by atoms with Crippen LogP contribution in [-0.4, -0.2) is 49.7 Å². The lowest BCUT2D eigenvalue weighted by molar-refractivity contribution is -0.119. The van der Waals surface area contributed by atoms with Crippen LogP contribution in [0.1, 0.15) is 29.0 Å². The van der Waals surface area contributed by atoms with Crippen molar-refractivity contribution in [2.24, 2.45) is 0 Å². The Balaban J connectivity index is 1.48. The molecule has 0 atom stereocenters. The van der Waals surface area contributed by atoms with E-state index in [9.17, 15) is 13.2 Å². The van der Waals surface area contributed by atoms with Crippen LogP contribution in [0, 0.1) is 0 Å². The van der Waals surface area contributed by atoms with Gasteiger partial charge in [0.1, 0.15) is 4.21 Å². The third kappa shape index (κ3) is 5.10. The van der Waals surface area contributed by atoms with Gasteiger partial charge in [-0.15, -0.1) is 11.3 Å². The summed E-state index contributed by atoms with van der Waals surface area (Å²) in [5.41, 5.74) is 2.41. The van der Waals surface area contributed by atoms with Crippen molar-refractivity contribution in [1.82, 2.24) is 14.5 Å². The second kappa shape index (κ2) is 9.95. The van der Waals surface area contributed by atoms with Crippen LogP contribution < -0.4 is 5.32 Å². The van der Waals surface area contributed by atoms with Crippen molar-refractivity contribution in [3.63, 3.8) is 0 Å². The Kier molecular flexibility index (Phi) is 7.05. The number of hydrogen-bond acceptors (Lipinski definition) is 5. The van der Waals surface area contributed by atoms with Gasteiger partial charge in [0.15, 0.2) is 0 Å². The molecule has 32 heavy (non-hydrogen) atoms. The highest BCUT2D eigenvalue weighted by Gasteiger charge is 2.33. The highest BCUT2D eigenvalue weighted by Crippen LogP contribution is 2.31. The molecule has 1 saturated heterocycles. The predicted octanol–water partition coefficient (Wildman–Crippen LogP) is 3.48. The molecule has 2 heterocycles. The summed E-state index contributed by atoms with van der Waals surface area (Å²) >= 11 is 1.22. The lowest BCUT2D eigenvalue weighted by Crippen LogP contribution is -2.49. The van der Waals surface area contributed by atoms with Crippen LogP contribution in [-0.2, 0) is 21.4 Å². The maximum Gasteiger partial charge on any atom is 0.252 e. The standard InChI is InChI=1S/C24H27N3O3S2/c1-19(28)25-18-22-12-13-23(31-22)32(29,30)27-16-14-26(15-17-27)24(20-8-4-2-5-9-20)21-10-6-3-7-11-21/h2-13,24H,14-18H2,1H3,(H,25,28). The zero-order valence-electron chi connectivity index (χ0n) is 18.0. The number of rotatable bonds is 7. The third-order valence-corrected chi connectivity index (χ3v) is 9.06. The van der Waals surface area contributed by atoms with Crippen LogP contribution in [0.25, 0.3) is 0 Å². The van der Waals surface area contributed by atoms with Crippen molar-refractivity contribution < 1.29 is 13.2 Å². The Morgan fingerprint density at radius 1 is 0.906 bits per heavy atom. The molecule has 0 unspecified atom stereocenters. The molecule has 6 nitrogen and oxygen atoms in total. The van der Waals surface area contributed by atoms with E-state index in [1.807, 2.05) is 36.4 Å². The Bertz CT molecular complexity index is 1100. The molecular weight excluding hydrogens is 442 g/mol. The Morgan fingerprint density at radius 2 is 1.47 bits per heavy atom. The highest BCUT2D eigenvalue weighted by atomic mass is 32.2. The SMILES string of the molecule is CC(=O)NCc1ccc(S(=O)(=O)N2CCN(C(c3ccccc3)c3ccccc3)CC2)s1. The average molecular weight is 470 g/mol. The van der Waals surface area contributed by atoms with Gasteiger partial charge in [0.05, 0.1) is 12.6 Å². The number of nitrogens with zero attached hydrogens (tertiary/aromatic N) is 2. The van der Waals surface area contributed by atoms with Gasteiger partial charge in [0.2, 0.25) is 5.91 Å². The van der Waals surface area contributed by atoms with Crippen molar-refractivity contribution in [3.8, 4) is 0 Å². The Morgan fingerprint density at radius 3 is 2.00 bits per heavy atom. The zero-order chi connectivity index (χ0) is 22.6.